The zero-order chi connectivity index (χ0) is 22.2. The maximum absolute atomic E-state index is 13.0. The van der Waals surface area contributed by atoms with Crippen molar-refractivity contribution in [1.29, 1.82) is 0 Å². The molecular formula is C21H26FN5O4. The molecule has 2 aliphatic heterocycles. The lowest BCUT2D eigenvalue weighted by molar-refractivity contribution is -0.143. The van der Waals surface area contributed by atoms with Crippen LogP contribution in [0.5, 0.6) is 0 Å². The number of urea groups is 2. The second kappa shape index (κ2) is 8.16. The lowest BCUT2D eigenvalue weighted by Crippen LogP contribution is -2.57. The fourth-order valence-corrected chi connectivity index (χ4v) is 4.55. The lowest BCUT2D eigenvalue weighted by atomic mass is 9.97. The van der Waals surface area contributed by atoms with Crippen LogP contribution in [-0.4, -0.2) is 76.3 Å². The highest BCUT2D eigenvalue weighted by atomic mass is 19.1. The molecule has 2 N–H and O–H groups in total. The maximum Gasteiger partial charge on any atom is 0.325 e. The first-order valence-electron chi connectivity index (χ1n) is 10.6. The zero-order valence-electron chi connectivity index (χ0n) is 17.4. The van der Waals surface area contributed by atoms with E-state index >= 15 is 0 Å². The van der Waals surface area contributed by atoms with E-state index in [1.165, 1.54) is 24.3 Å². The van der Waals surface area contributed by atoms with E-state index in [0.717, 1.165) is 17.7 Å². The predicted octanol–water partition coefficient (Wildman–Crippen LogP) is 1.75. The Morgan fingerprint density at radius 3 is 2.23 bits per heavy atom. The molecule has 3 aliphatic rings. The smallest absolute Gasteiger partial charge is 0.325 e. The first-order chi connectivity index (χ1) is 14.8. The molecule has 6 amide bonds. The van der Waals surface area contributed by atoms with Gasteiger partial charge in [-0.15, -0.1) is 0 Å². The Balaban J connectivity index is 1.32. The van der Waals surface area contributed by atoms with Crippen LogP contribution >= 0.6 is 0 Å². The van der Waals surface area contributed by atoms with Gasteiger partial charge in [-0.25, -0.2) is 18.9 Å². The Kier molecular flexibility index (Phi) is 5.55. The number of nitrogens with one attached hydrogen (secondary N) is 2. The number of amides is 6. The number of hydrogen-bond donors (Lipinski definition) is 2. The Morgan fingerprint density at radius 2 is 1.61 bits per heavy atom. The quantitative estimate of drug-likeness (QED) is 0.712. The van der Waals surface area contributed by atoms with Gasteiger partial charge < -0.3 is 20.4 Å². The van der Waals surface area contributed by atoms with Gasteiger partial charge in [0.25, 0.3) is 5.91 Å². The van der Waals surface area contributed by atoms with Gasteiger partial charge in [-0.05, 0) is 44.0 Å². The second-order valence-electron chi connectivity index (χ2n) is 8.32. The highest BCUT2D eigenvalue weighted by Gasteiger charge is 2.54. The van der Waals surface area contributed by atoms with Crippen LogP contribution in [0.25, 0.3) is 0 Å². The Labute approximate surface area is 179 Å². The van der Waals surface area contributed by atoms with Gasteiger partial charge in [0.1, 0.15) is 17.4 Å². The summed E-state index contributed by atoms with van der Waals surface area (Å²) >= 11 is 0. The topological polar surface area (TPSA) is 102 Å². The normalized spacial score (nSPS) is 21.4. The van der Waals surface area contributed by atoms with Crippen LogP contribution in [0.4, 0.5) is 19.7 Å². The number of nitrogens with zero attached hydrogens (tertiary/aromatic N) is 3. The van der Waals surface area contributed by atoms with Gasteiger partial charge in [0.05, 0.1) is 0 Å². The second-order valence-corrected chi connectivity index (χ2v) is 8.32. The summed E-state index contributed by atoms with van der Waals surface area (Å²) < 4.78 is 13.0. The molecule has 0 radical (unpaired) electrons. The van der Waals surface area contributed by atoms with Crippen molar-refractivity contribution in [3.63, 3.8) is 0 Å². The third-order valence-electron chi connectivity index (χ3n) is 6.37. The molecule has 0 aromatic heterocycles. The number of rotatable bonds is 3. The molecule has 4 rings (SSSR count). The fourth-order valence-electron chi connectivity index (χ4n) is 4.55. The molecule has 2 heterocycles. The van der Waals surface area contributed by atoms with Gasteiger partial charge in [-0.3, -0.25) is 9.59 Å². The van der Waals surface area contributed by atoms with Crippen molar-refractivity contribution >= 4 is 29.6 Å². The van der Waals surface area contributed by atoms with Gasteiger partial charge in [-0.1, -0.05) is 12.8 Å². The molecule has 3 fully saturated rings. The van der Waals surface area contributed by atoms with Crippen molar-refractivity contribution in [1.82, 2.24) is 20.0 Å². The summed E-state index contributed by atoms with van der Waals surface area (Å²) in [5, 5.41) is 5.50. The molecule has 1 spiro atoms. The zero-order valence-corrected chi connectivity index (χ0v) is 17.4. The minimum Gasteiger partial charge on any atom is -0.337 e. The maximum atomic E-state index is 13.0. The van der Waals surface area contributed by atoms with E-state index < -0.39 is 17.6 Å². The van der Waals surface area contributed by atoms with Crippen LogP contribution in [0, 0.1) is 5.82 Å². The van der Waals surface area contributed by atoms with Crippen molar-refractivity contribution in [2.45, 2.75) is 44.2 Å². The summed E-state index contributed by atoms with van der Waals surface area (Å²) in [5.74, 6) is -1.01. The lowest BCUT2D eigenvalue weighted by Gasteiger charge is -2.37. The number of carbonyl (C=O) groups is 4. The van der Waals surface area contributed by atoms with Gasteiger partial charge in [0.15, 0.2) is 0 Å². The summed E-state index contributed by atoms with van der Waals surface area (Å²) in [6.07, 6.45) is 2.97. The van der Waals surface area contributed by atoms with Crippen LogP contribution in [0.1, 0.15) is 32.6 Å². The highest BCUT2D eigenvalue weighted by Crippen LogP contribution is 2.36. The third kappa shape index (κ3) is 3.94. The van der Waals surface area contributed by atoms with Crippen molar-refractivity contribution in [3.8, 4) is 0 Å². The molecule has 0 bridgehead atoms. The van der Waals surface area contributed by atoms with Crippen LogP contribution in [0.3, 0.4) is 0 Å². The largest absolute Gasteiger partial charge is 0.337 e. The van der Waals surface area contributed by atoms with Crippen molar-refractivity contribution in [3.05, 3.63) is 30.1 Å². The number of carbonyl (C=O) groups excluding carboxylic acids is 4. The van der Waals surface area contributed by atoms with Crippen LogP contribution in [0.2, 0.25) is 0 Å². The SMILES string of the molecule is CC(C(=O)N1CCN(C(=O)Nc2ccc(F)cc2)CC1)N1C(=O)NC2(CCCC2)C1=O. The summed E-state index contributed by atoms with van der Waals surface area (Å²) in [6.45, 7) is 2.80. The molecule has 1 saturated carbocycles. The first-order valence-corrected chi connectivity index (χ1v) is 10.6. The Bertz CT molecular complexity index is 892. The van der Waals surface area contributed by atoms with Gasteiger partial charge in [0.2, 0.25) is 5.91 Å². The minimum atomic E-state index is -0.896. The predicted molar refractivity (Wildman–Crippen MR) is 110 cm³/mol. The van der Waals surface area contributed by atoms with Crippen molar-refractivity contribution in [2.75, 3.05) is 31.5 Å². The summed E-state index contributed by atoms with van der Waals surface area (Å²) in [6, 6.07) is 3.74. The number of hydrogen-bond acceptors (Lipinski definition) is 4. The first kappa shape index (κ1) is 21.1. The molecular weight excluding hydrogens is 405 g/mol. The van der Waals surface area contributed by atoms with Crippen LogP contribution in [-0.2, 0) is 9.59 Å². The number of piperazine rings is 1. The minimum absolute atomic E-state index is 0.300. The summed E-state index contributed by atoms with van der Waals surface area (Å²) in [7, 11) is 0. The highest BCUT2D eigenvalue weighted by molar-refractivity contribution is 6.10. The van der Waals surface area contributed by atoms with E-state index in [0.29, 0.717) is 44.7 Å². The number of anilines is 1. The van der Waals surface area contributed by atoms with E-state index in [-0.39, 0.29) is 23.7 Å². The average molecular weight is 431 g/mol. The van der Waals surface area contributed by atoms with Crippen LogP contribution < -0.4 is 10.6 Å². The number of benzene rings is 1. The molecule has 9 nitrogen and oxygen atoms in total. The molecule has 1 unspecified atom stereocenters. The molecule has 1 aromatic carbocycles. The van der Waals surface area contributed by atoms with E-state index in [9.17, 15) is 23.6 Å². The molecule has 1 aliphatic carbocycles. The monoisotopic (exact) mass is 431 g/mol. The van der Waals surface area contributed by atoms with E-state index in [1.54, 1.807) is 16.7 Å². The van der Waals surface area contributed by atoms with Gasteiger partial charge >= 0.3 is 12.1 Å². The fraction of sp³-hybridized carbons (Fsp3) is 0.524. The Morgan fingerprint density at radius 1 is 1.03 bits per heavy atom. The standard InChI is InChI=1S/C21H26FN5O4/c1-14(27-18(29)21(24-20(27)31)8-2-3-9-21)17(28)25-10-12-26(13-11-25)19(30)23-16-6-4-15(22)5-7-16/h4-7,14H,2-3,8-13H2,1H3,(H,23,30)(H,24,31). The number of imide groups is 1. The third-order valence-corrected chi connectivity index (χ3v) is 6.37. The summed E-state index contributed by atoms with van der Waals surface area (Å²) in [4.78, 5) is 54.9. The van der Waals surface area contributed by atoms with E-state index in [1.807, 2.05) is 0 Å². The van der Waals surface area contributed by atoms with E-state index in [4.69, 9.17) is 0 Å². The van der Waals surface area contributed by atoms with Gasteiger partial charge in [0, 0.05) is 31.9 Å². The molecule has 166 valence electrons. The average Bonchev–Trinajstić information content (AvgIpc) is 3.33. The molecule has 31 heavy (non-hydrogen) atoms. The van der Waals surface area contributed by atoms with Crippen LogP contribution in [0.15, 0.2) is 24.3 Å². The van der Waals surface area contributed by atoms with Gasteiger partial charge in [-0.2, -0.15) is 0 Å². The molecule has 1 aromatic rings. The molecule has 1 atom stereocenters. The van der Waals surface area contributed by atoms with E-state index in [2.05, 4.69) is 10.6 Å². The molecule has 2 saturated heterocycles. The molecule has 10 heteroatoms. The number of halogens is 1. The van der Waals surface area contributed by atoms with Crippen molar-refractivity contribution < 1.29 is 23.6 Å². The summed E-state index contributed by atoms with van der Waals surface area (Å²) in [5.41, 5.74) is -0.360. The Hall–Kier alpha value is -3.17. The van der Waals surface area contributed by atoms with Crippen molar-refractivity contribution in [2.24, 2.45) is 0 Å².